The van der Waals surface area contributed by atoms with E-state index in [1.165, 1.54) is 29.3 Å². The number of allylic oxidation sites excluding steroid dienone is 2. The lowest BCUT2D eigenvalue weighted by Crippen LogP contribution is -2.45. The quantitative estimate of drug-likeness (QED) is 0.190. The molecule has 3 amide bonds. The van der Waals surface area contributed by atoms with E-state index in [1.807, 2.05) is 13.8 Å². The number of aromatic amines is 2. The van der Waals surface area contributed by atoms with E-state index in [2.05, 4.69) is 36.5 Å². The number of aromatic nitrogens is 3. The third-order valence-corrected chi connectivity index (χ3v) is 9.33. The van der Waals surface area contributed by atoms with Gasteiger partial charge in [0.25, 0.3) is 11.5 Å². The van der Waals surface area contributed by atoms with Crippen LogP contribution in [0.1, 0.15) is 68.4 Å². The summed E-state index contributed by atoms with van der Waals surface area (Å²) in [7, 11) is 0. The molecule has 19 heteroatoms. The van der Waals surface area contributed by atoms with Crippen molar-refractivity contribution < 1.29 is 37.8 Å². The number of rotatable bonds is 7. The molecule has 302 valence electrons. The molecule has 7 N–H and O–H groups in total. The molecular formula is C37H48FN9O9. The molecule has 3 aliphatic rings. The number of aliphatic hydroxyl groups excluding tert-OH is 1. The van der Waals surface area contributed by atoms with Gasteiger partial charge < -0.3 is 40.2 Å². The fourth-order valence-corrected chi connectivity index (χ4v) is 6.59. The van der Waals surface area contributed by atoms with Crippen molar-refractivity contribution in [2.45, 2.75) is 77.3 Å². The Morgan fingerprint density at radius 1 is 1.18 bits per heavy atom. The molecule has 0 saturated carbocycles. The number of hydrazine groups is 2. The number of ether oxygens (including phenoxy) is 1. The average molecular weight is 782 g/mol. The summed E-state index contributed by atoms with van der Waals surface area (Å²) in [4.78, 5) is 87.1. The lowest BCUT2D eigenvalue weighted by molar-refractivity contribution is -0.159. The highest BCUT2D eigenvalue weighted by atomic mass is 19.1. The lowest BCUT2D eigenvalue weighted by Gasteiger charge is -2.31. The number of nitrogens with zero attached hydrogens (tertiary/aromatic N) is 3. The van der Waals surface area contributed by atoms with Gasteiger partial charge in [-0.1, -0.05) is 43.7 Å². The number of carbonyl (C=O) groups excluding carboxylic acids is 4. The number of amides is 3. The van der Waals surface area contributed by atoms with E-state index in [-0.39, 0.29) is 68.5 Å². The molecule has 56 heavy (non-hydrogen) atoms. The molecule has 1 saturated heterocycles. The molecular weight excluding hydrogens is 733 g/mol. The SMILES string of the molecule is CC1=C\[C@@H](O)C[C@@H](F)Cc2nc(co2)C(=O)N2CCC[C@@H]2C(=O)O[C@H](C(C)C)[C@H](CC(=O)NCCN2C=C(c3c[nH]c(=O)[nH]c3=O)NN2)/C=C/C(=O)NC\C=C\1. The molecule has 2 aromatic heterocycles. The number of hydrogen-bond acceptors (Lipinski definition) is 13. The van der Waals surface area contributed by atoms with Gasteiger partial charge in [-0.15, -0.1) is 5.53 Å². The molecule has 0 spiro atoms. The number of H-pyrrole nitrogens is 2. The molecule has 1 fully saturated rings. The Kier molecular flexibility index (Phi) is 14.1. The van der Waals surface area contributed by atoms with Crippen molar-refractivity contribution in [2.75, 3.05) is 26.2 Å². The first kappa shape index (κ1) is 41.3. The summed E-state index contributed by atoms with van der Waals surface area (Å²) in [6, 6.07) is -0.954. The van der Waals surface area contributed by atoms with Gasteiger partial charge in [-0.2, -0.15) is 0 Å². The van der Waals surface area contributed by atoms with E-state index in [1.54, 1.807) is 30.3 Å². The summed E-state index contributed by atoms with van der Waals surface area (Å²) in [5, 5.41) is 17.5. The summed E-state index contributed by atoms with van der Waals surface area (Å²) in [5.74, 6) is -3.21. The topological polar surface area (TPSA) is 244 Å². The predicted octanol–water partition coefficient (Wildman–Crippen LogP) is 0.490. The van der Waals surface area contributed by atoms with Gasteiger partial charge in [-0.05, 0) is 31.8 Å². The number of halogens is 1. The van der Waals surface area contributed by atoms with Gasteiger partial charge in [-0.25, -0.2) is 19.0 Å². The number of aliphatic hydroxyl groups is 1. The third kappa shape index (κ3) is 11.4. The minimum absolute atomic E-state index is 0.0223. The number of fused-ring (bicyclic) bond motifs is 3. The molecule has 3 aliphatic heterocycles. The molecule has 5 rings (SSSR count). The fourth-order valence-electron chi connectivity index (χ4n) is 6.59. The van der Waals surface area contributed by atoms with E-state index in [0.29, 0.717) is 24.1 Å². The van der Waals surface area contributed by atoms with Crippen molar-refractivity contribution >= 4 is 29.4 Å². The molecule has 0 aromatic carbocycles. The third-order valence-electron chi connectivity index (χ3n) is 9.33. The minimum Gasteiger partial charge on any atom is -0.460 e. The van der Waals surface area contributed by atoms with E-state index < -0.39 is 65.3 Å². The molecule has 2 bridgehead atoms. The van der Waals surface area contributed by atoms with Gasteiger partial charge >= 0.3 is 11.7 Å². The van der Waals surface area contributed by atoms with Crippen LogP contribution in [0.15, 0.2) is 68.6 Å². The summed E-state index contributed by atoms with van der Waals surface area (Å²) in [6.45, 7) is 6.16. The van der Waals surface area contributed by atoms with Crippen molar-refractivity contribution in [3.05, 3.63) is 92.6 Å². The highest BCUT2D eigenvalue weighted by Crippen LogP contribution is 2.27. The number of alkyl halides is 1. The first-order valence-corrected chi connectivity index (χ1v) is 18.5. The van der Waals surface area contributed by atoms with Crippen molar-refractivity contribution in [3.8, 4) is 0 Å². The van der Waals surface area contributed by atoms with Gasteiger partial charge in [0.05, 0.1) is 30.3 Å². The molecule has 18 nitrogen and oxygen atoms in total. The zero-order chi connectivity index (χ0) is 40.4. The van der Waals surface area contributed by atoms with Gasteiger partial charge in [0.1, 0.15) is 24.6 Å². The largest absolute Gasteiger partial charge is 0.460 e. The summed E-state index contributed by atoms with van der Waals surface area (Å²) in [5.41, 5.74) is 5.61. The second kappa shape index (κ2) is 19.2. The molecule has 0 aliphatic carbocycles. The van der Waals surface area contributed by atoms with Crippen LogP contribution >= 0.6 is 0 Å². The highest BCUT2D eigenvalue weighted by Gasteiger charge is 2.39. The van der Waals surface area contributed by atoms with Crippen LogP contribution in [0.3, 0.4) is 0 Å². The Balaban J connectivity index is 1.31. The molecule has 5 atom stereocenters. The number of hydrogen-bond donors (Lipinski definition) is 7. The van der Waals surface area contributed by atoms with Crippen LogP contribution in [0.25, 0.3) is 5.70 Å². The molecule has 5 heterocycles. The number of carbonyl (C=O) groups is 4. The lowest BCUT2D eigenvalue weighted by atomic mass is 9.89. The first-order valence-electron chi connectivity index (χ1n) is 18.5. The normalized spacial score (nSPS) is 26.3. The zero-order valence-corrected chi connectivity index (χ0v) is 31.4. The van der Waals surface area contributed by atoms with Gasteiger partial charge in [0.2, 0.25) is 11.8 Å². The van der Waals surface area contributed by atoms with Gasteiger partial charge in [0.15, 0.2) is 11.6 Å². The Hall–Kier alpha value is -5.82. The van der Waals surface area contributed by atoms with Crippen LogP contribution in [0.2, 0.25) is 0 Å². The molecule has 2 aromatic rings. The van der Waals surface area contributed by atoms with Crippen molar-refractivity contribution in [1.29, 1.82) is 0 Å². The van der Waals surface area contributed by atoms with E-state index >= 15 is 0 Å². The Labute approximate surface area is 321 Å². The maximum Gasteiger partial charge on any atom is 0.329 e. The highest BCUT2D eigenvalue weighted by molar-refractivity contribution is 5.95. The summed E-state index contributed by atoms with van der Waals surface area (Å²) in [6.07, 6.45) is 8.29. The number of oxazole rings is 1. The average Bonchev–Trinajstić information content (AvgIpc) is 3.92. The fraction of sp³-hybridized carbons (Fsp3) is 0.486. The summed E-state index contributed by atoms with van der Waals surface area (Å²) >= 11 is 0. The smallest absolute Gasteiger partial charge is 0.329 e. The number of nitrogens with one attached hydrogen (secondary N) is 6. The Morgan fingerprint density at radius 2 is 1.98 bits per heavy atom. The van der Waals surface area contributed by atoms with Crippen LogP contribution in [0, 0.1) is 11.8 Å². The monoisotopic (exact) mass is 781 g/mol. The van der Waals surface area contributed by atoms with Gasteiger partial charge in [-0.3, -0.25) is 29.2 Å². The van der Waals surface area contributed by atoms with Gasteiger partial charge in [0, 0.05) is 50.8 Å². The first-order chi connectivity index (χ1) is 26.8. The second-order valence-electron chi connectivity index (χ2n) is 14.1. The van der Waals surface area contributed by atoms with Crippen molar-refractivity contribution in [3.63, 3.8) is 0 Å². The van der Waals surface area contributed by atoms with Crippen LogP contribution in [-0.2, 0) is 25.5 Å². The number of esters is 1. The molecule has 0 radical (unpaired) electrons. The van der Waals surface area contributed by atoms with Crippen molar-refractivity contribution in [1.82, 2.24) is 46.5 Å². The van der Waals surface area contributed by atoms with Crippen LogP contribution in [-0.4, -0.2) is 104 Å². The maximum atomic E-state index is 14.8. The second-order valence-corrected chi connectivity index (χ2v) is 14.1. The van der Waals surface area contributed by atoms with Crippen LogP contribution in [0.5, 0.6) is 0 Å². The van der Waals surface area contributed by atoms with E-state index in [4.69, 9.17) is 9.15 Å². The summed E-state index contributed by atoms with van der Waals surface area (Å²) < 4.78 is 26.3. The minimum atomic E-state index is -1.52. The standard InChI is InChI=1S/C37H48FN9O9/c1-21(2)33-23(15-31(50)40-11-13-46-19-27(44-45-46)26-18-41-37(54)43-34(26)51)8-9-30(49)39-10-4-6-22(3)14-25(48)16-24(38)17-32-42-28(20-55-32)35(52)47-12-5-7-29(47)36(53)56-33/h4,6,8-9,14,18-21,23-25,29,33,44-45,48H,5,7,10-13,15-17H2,1-3H3,(H,39,49)(H,40,50)(H2,41,43,51,54)/b6-4+,9-8+,22-14+/t23-,24+,25+,29+,33+/m0/s1. The van der Waals surface area contributed by atoms with Crippen LogP contribution in [0.4, 0.5) is 4.39 Å². The Morgan fingerprint density at radius 3 is 2.75 bits per heavy atom. The predicted molar refractivity (Wildman–Crippen MR) is 199 cm³/mol. The zero-order valence-electron chi connectivity index (χ0n) is 31.4. The van der Waals surface area contributed by atoms with E-state index in [9.17, 15) is 38.3 Å². The number of cyclic esters (lactones) is 1. The van der Waals surface area contributed by atoms with Crippen molar-refractivity contribution in [2.24, 2.45) is 11.8 Å². The Bertz CT molecular complexity index is 1980. The maximum absolute atomic E-state index is 14.8. The van der Waals surface area contributed by atoms with E-state index in [0.717, 1.165) is 6.26 Å². The molecule has 0 unspecified atom stereocenters. The van der Waals surface area contributed by atoms with Crippen LogP contribution < -0.4 is 32.8 Å².